The number of ether oxygens (including phenoxy) is 1. The van der Waals surface area contributed by atoms with E-state index >= 15 is 0 Å². The lowest BCUT2D eigenvalue weighted by Crippen LogP contribution is -2.13. The molecule has 0 saturated carbocycles. The average Bonchev–Trinajstić information content (AvgIpc) is 3.12. The summed E-state index contributed by atoms with van der Waals surface area (Å²) in [5.41, 5.74) is 1.84. The van der Waals surface area contributed by atoms with Crippen LogP contribution in [0.2, 0.25) is 5.02 Å². The van der Waals surface area contributed by atoms with E-state index in [0.29, 0.717) is 16.3 Å². The molecule has 0 radical (unpaired) electrons. The van der Waals surface area contributed by atoms with Gasteiger partial charge in [0.05, 0.1) is 36.5 Å². The van der Waals surface area contributed by atoms with Gasteiger partial charge in [-0.1, -0.05) is 11.6 Å². The standard InChI is InChI=1S/C18H17ClN4O4S/c1-27-17-9-14(5-8-16(17)22-28(2,25)26)21-18(24)12-10-20-23(11-12)15-6-3-13(19)4-7-15/h3-11,22H,1-2H3,(H,21,24). The van der Waals surface area contributed by atoms with Crippen LogP contribution in [0.5, 0.6) is 5.75 Å². The lowest BCUT2D eigenvalue weighted by Gasteiger charge is -2.12. The predicted octanol–water partition coefficient (Wildman–Crippen LogP) is 3.16. The third-order valence-corrected chi connectivity index (χ3v) is 4.53. The van der Waals surface area contributed by atoms with Crippen LogP contribution in [0.15, 0.2) is 54.9 Å². The Kier molecular flexibility index (Phi) is 5.57. The van der Waals surface area contributed by atoms with Crippen LogP contribution in [-0.2, 0) is 10.0 Å². The van der Waals surface area contributed by atoms with E-state index in [1.807, 2.05) is 0 Å². The van der Waals surface area contributed by atoms with Gasteiger partial charge in [-0.15, -0.1) is 0 Å². The van der Waals surface area contributed by atoms with Crippen LogP contribution in [0.3, 0.4) is 0 Å². The van der Waals surface area contributed by atoms with Gasteiger partial charge in [-0.05, 0) is 36.4 Å². The monoisotopic (exact) mass is 420 g/mol. The maximum absolute atomic E-state index is 12.5. The number of aromatic nitrogens is 2. The van der Waals surface area contributed by atoms with Gasteiger partial charge in [-0.25, -0.2) is 13.1 Å². The minimum absolute atomic E-state index is 0.276. The molecule has 3 rings (SSSR count). The number of nitrogens with one attached hydrogen (secondary N) is 2. The van der Waals surface area contributed by atoms with Crippen molar-refractivity contribution >= 4 is 38.9 Å². The van der Waals surface area contributed by atoms with Gasteiger partial charge in [0.15, 0.2) is 0 Å². The number of methoxy groups -OCH3 is 1. The summed E-state index contributed by atoms with van der Waals surface area (Å²) in [5, 5.41) is 7.51. The molecule has 0 aliphatic rings. The van der Waals surface area contributed by atoms with E-state index in [2.05, 4.69) is 15.1 Å². The van der Waals surface area contributed by atoms with Crippen LogP contribution in [0.1, 0.15) is 10.4 Å². The zero-order valence-electron chi connectivity index (χ0n) is 15.0. The molecule has 2 N–H and O–H groups in total. The smallest absolute Gasteiger partial charge is 0.258 e. The van der Waals surface area contributed by atoms with Crippen molar-refractivity contribution in [1.29, 1.82) is 0 Å². The van der Waals surface area contributed by atoms with E-state index in [1.165, 1.54) is 25.4 Å². The Labute approximate surface area is 167 Å². The third-order valence-electron chi connectivity index (χ3n) is 3.69. The number of hydrogen-bond acceptors (Lipinski definition) is 5. The second kappa shape index (κ2) is 7.91. The number of rotatable bonds is 6. The number of carbonyl (C=O) groups is 1. The lowest BCUT2D eigenvalue weighted by atomic mass is 10.2. The summed E-state index contributed by atoms with van der Waals surface area (Å²) >= 11 is 5.87. The van der Waals surface area contributed by atoms with Gasteiger partial charge in [-0.3, -0.25) is 9.52 Å². The van der Waals surface area contributed by atoms with Gasteiger partial charge < -0.3 is 10.1 Å². The molecule has 8 nitrogen and oxygen atoms in total. The Hall–Kier alpha value is -3.04. The highest BCUT2D eigenvalue weighted by atomic mass is 35.5. The normalized spacial score (nSPS) is 11.1. The average molecular weight is 421 g/mol. The number of benzene rings is 2. The van der Waals surface area contributed by atoms with Crippen molar-refractivity contribution in [3.63, 3.8) is 0 Å². The van der Waals surface area contributed by atoms with Crippen LogP contribution >= 0.6 is 11.6 Å². The van der Waals surface area contributed by atoms with E-state index < -0.39 is 10.0 Å². The van der Waals surface area contributed by atoms with Crippen molar-refractivity contribution in [2.45, 2.75) is 0 Å². The summed E-state index contributed by atoms with van der Waals surface area (Å²) in [6.45, 7) is 0. The molecule has 0 saturated heterocycles. The van der Waals surface area contributed by atoms with Crippen LogP contribution in [0.4, 0.5) is 11.4 Å². The Morgan fingerprint density at radius 1 is 1.18 bits per heavy atom. The van der Waals surface area contributed by atoms with Crippen molar-refractivity contribution < 1.29 is 17.9 Å². The number of nitrogens with zero attached hydrogens (tertiary/aromatic N) is 2. The molecule has 0 fully saturated rings. The van der Waals surface area contributed by atoms with Gasteiger partial charge in [0.2, 0.25) is 10.0 Å². The van der Waals surface area contributed by atoms with Crippen LogP contribution in [0.25, 0.3) is 5.69 Å². The number of anilines is 2. The second-order valence-electron chi connectivity index (χ2n) is 5.89. The zero-order chi connectivity index (χ0) is 20.3. The van der Waals surface area contributed by atoms with E-state index in [-0.39, 0.29) is 17.3 Å². The summed E-state index contributed by atoms with van der Waals surface area (Å²) in [4.78, 5) is 12.5. The molecule has 0 aliphatic heterocycles. The van der Waals surface area contributed by atoms with E-state index in [0.717, 1.165) is 11.9 Å². The first-order valence-corrected chi connectivity index (χ1v) is 10.3. The van der Waals surface area contributed by atoms with Crippen molar-refractivity contribution in [2.75, 3.05) is 23.4 Å². The van der Waals surface area contributed by atoms with E-state index in [9.17, 15) is 13.2 Å². The Bertz CT molecular complexity index is 1110. The fraction of sp³-hybridized carbons (Fsp3) is 0.111. The molecule has 28 heavy (non-hydrogen) atoms. The van der Waals surface area contributed by atoms with Crippen LogP contribution in [0, 0.1) is 0 Å². The minimum atomic E-state index is -3.45. The van der Waals surface area contributed by atoms with Gasteiger partial charge in [0.25, 0.3) is 5.91 Å². The first-order valence-electron chi connectivity index (χ1n) is 8.03. The summed E-state index contributed by atoms with van der Waals surface area (Å²) in [6, 6.07) is 11.6. The third kappa shape index (κ3) is 4.81. The highest BCUT2D eigenvalue weighted by Gasteiger charge is 2.13. The summed E-state index contributed by atoms with van der Waals surface area (Å²) in [5.74, 6) is -0.0915. The van der Waals surface area contributed by atoms with E-state index in [4.69, 9.17) is 16.3 Å². The molecule has 146 valence electrons. The number of sulfonamides is 1. The van der Waals surface area contributed by atoms with Gasteiger partial charge in [-0.2, -0.15) is 5.10 Å². The summed E-state index contributed by atoms with van der Waals surface area (Å²) < 4.78 is 31.9. The molecule has 0 bridgehead atoms. The van der Waals surface area contributed by atoms with Crippen molar-refractivity contribution in [2.24, 2.45) is 0 Å². The molecule has 1 amide bonds. The summed E-state index contributed by atoms with van der Waals surface area (Å²) in [7, 11) is -2.04. The molecular weight excluding hydrogens is 404 g/mol. The SMILES string of the molecule is COc1cc(NC(=O)c2cnn(-c3ccc(Cl)cc3)c2)ccc1NS(C)(=O)=O. The van der Waals surface area contributed by atoms with Crippen molar-refractivity contribution in [1.82, 2.24) is 9.78 Å². The number of hydrogen-bond donors (Lipinski definition) is 2. The summed E-state index contributed by atoms with van der Waals surface area (Å²) in [6.07, 6.45) is 4.08. The van der Waals surface area contributed by atoms with E-state index in [1.54, 1.807) is 41.2 Å². The van der Waals surface area contributed by atoms with Gasteiger partial charge in [0.1, 0.15) is 5.75 Å². The lowest BCUT2D eigenvalue weighted by molar-refractivity contribution is 0.102. The highest BCUT2D eigenvalue weighted by Crippen LogP contribution is 2.29. The Balaban J connectivity index is 1.77. The van der Waals surface area contributed by atoms with Gasteiger partial charge in [0, 0.05) is 23.0 Å². The fourth-order valence-electron chi connectivity index (χ4n) is 2.43. The van der Waals surface area contributed by atoms with Gasteiger partial charge >= 0.3 is 0 Å². The molecule has 3 aromatic rings. The number of halogens is 1. The topological polar surface area (TPSA) is 102 Å². The maximum Gasteiger partial charge on any atom is 0.258 e. The number of carbonyl (C=O) groups excluding carboxylic acids is 1. The molecule has 1 aromatic heterocycles. The molecular formula is C18H17ClN4O4S. The number of amides is 1. The second-order valence-corrected chi connectivity index (χ2v) is 8.08. The molecule has 0 spiro atoms. The largest absolute Gasteiger partial charge is 0.494 e. The molecule has 10 heteroatoms. The first-order chi connectivity index (χ1) is 13.2. The highest BCUT2D eigenvalue weighted by molar-refractivity contribution is 7.92. The molecule has 0 aliphatic carbocycles. The Morgan fingerprint density at radius 2 is 1.89 bits per heavy atom. The van der Waals surface area contributed by atoms with Crippen LogP contribution in [-0.4, -0.2) is 37.5 Å². The molecule has 0 unspecified atom stereocenters. The minimum Gasteiger partial charge on any atom is -0.494 e. The Morgan fingerprint density at radius 3 is 2.54 bits per heavy atom. The zero-order valence-corrected chi connectivity index (χ0v) is 16.6. The fourth-order valence-corrected chi connectivity index (χ4v) is 3.13. The first kappa shape index (κ1) is 19.7. The van der Waals surface area contributed by atoms with Crippen molar-refractivity contribution in [3.05, 3.63) is 65.4 Å². The van der Waals surface area contributed by atoms with Crippen LogP contribution < -0.4 is 14.8 Å². The maximum atomic E-state index is 12.5. The van der Waals surface area contributed by atoms with Crippen molar-refractivity contribution in [3.8, 4) is 11.4 Å². The molecule has 0 atom stereocenters. The predicted molar refractivity (Wildman–Crippen MR) is 108 cm³/mol. The quantitative estimate of drug-likeness (QED) is 0.637. The molecule has 1 heterocycles. The molecule has 2 aromatic carbocycles.